The highest BCUT2D eigenvalue weighted by Gasteiger charge is 2.25. The first-order chi connectivity index (χ1) is 14.2. The number of aliphatic imine (C=N–C) groups is 1. The Balaban J connectivity index is 1.34. The summed E-state index contributed by atoms with van der Waals surface area (Å²) in [6.07, 6.45) is 2.28. The number of rotatable bonds is 5. The molecule has 0 bridgehead atoms. The van der Waals surface area contributed by atoms with Crippen LogP contribution in [0.3, 0.4) is 0 Å². The van der Waals surface area contributed by atoms with E-state index in [9.17, 15) is 4.79 Å². The molecular formula is C21H26N6O2. The average Bonchev–Trinajstić information content (AvgIpc) is 3.42. The van der Waals surface area contributed by atoms with Crippen molar-refractivity contribution in [3.63, 3.8) is 0 Å². The van der Waals surface area contributed by atoms with Gasteiger partial charge >= 0.3 is 0 Å². The number of carbonyl (C=O) groups is 1. The Morgan fingerprint density at radius 1 is 1.17 bits per heavy atom. The zero-order valence-corrected chi connectivity index (χ0v) is 16.6. The number of H-pyrrole nitrogens is 1. The van der Waals surface area contributed by atoms with Crippen molar-refractivity contribution in [1.29, 1.82) is 0 Å². The average molecular weight is 394 g/mol. The fourth-order valence-corrected chi connectivity index (χ4v) is 3.49. The largest absolute Gasteiger partial charge is 0.459 e. The molecule has 0 spiro atoms. The van der Waals surface area contributed by atoms with Crippen LogP contribution >= 0.6 is 0 Å². The molecule has 2 aromatic heterocycles. The van der Waals surface area contributed by atoms with E-state index < -0.39 is 0 Å². The van der Waals surface area contributed by atoms with Crippen molar-refractivity contribution in [1.82, 2.24) is 25.1 Å². The van der Waals surface area contributed by atoms with Gasteiger partial charge < -0.3 is 24.5 Å². The molecule has 4 rings (SSSR count). The molecule has 0 saturated carbocycles. The normalized spacial score (nSPS) is 15.1. The van der Waals surface area contributed by atoms with E-state index in [1.54, 1.807) is 12.1 Å². The van der Waals surface area contributed by atoms with Gasteiger partial charge in [0, 0.05) is 45.7 Å². The van der Waals surface area contributed by atoms with E-state index in [0.29, 0.717) is 25.4 Å². The molecule has 2 N–H and O–H groups in total. The highest BCUT2D eigenvalue weighted by Crippen LogP contribution is 2.11. The van der Waals surface area contributed by atoms with E-state index in [-0.39, 0.29) is 5.91 Å². The number of piperazine rings is 1. The summed E-state index contributed by atoms with van der Waals surface area (Å²) in [4.78, 5) is 29.2. The minimum absolute atomic E-state index is 0.0542. The monoisotopic (exact) mass is 394 g/mol. The first-order valence-corrected chi connectivity index (χ1v) is 10.0. The van der Waals surface area contributed by atoms with Gasteiger partial charge in [-0.3, -0.25) is 9.79 Å². The SMILES string of the molecule is CCNC(=NCCc1nc2ccccc2[nH]1)N1CCN(C(=O)c2ccco2)CC1. The van der Waals surface area contributed by atoms with Crippen molar-refractivity contribution >= 4 is 22.9 Å². The first kappa shape index (κ1) is 19.0. The van der Waals surface area contributed by atoms with Crippen LogP contribution in [-0.4, -0.2) is 70.9 Å². The number of fused-ring (bicyclic) bond motifs is 1. The summed E-state index contributed by atoms with van der Waals surface area (Å²) in [6.45, 7) is 6.28. The minimum atomic E-state index is -0.0542. The van der Waals surface area contributed by atoms with Crippen LogP contribution in [0.25, 0.3) is 11.0 Å². The topological polar surface area (TPSA) is 89.8 Å². The summed E-state index contributed by atoms with van der Waals surface area (Å²) in [7, 11) is 0. The number of imidazole rings is 1. The van der Waals surface area contributed by atoms with Crippen LogP contribution in [0, 0.1) is 0 Å². The van der Waals surface area contributed by atoms with Gasteiger partial charge in [-0.1, -0.05) is 12.1 Å². The Hall–Kier alpha value is -3.29. The number of aromatic nitrogens is 2. The molecule has 152 valence electrons. The van der Waals surface area contributed by atoms with Gasteiger partial charge in [0.25, 0.3) is 5.91 Å². The third-order valence-electron chi connectivity index (χ3n) is 4.98. The number of furan rings is 1. The van der Waals surface area contributed by atoms with Crippen LogP contribution in [0.15, 0.2) is 52.1 Å². The minimum Gasteiger partial charge on any atom is -0.459 e. The van der Waals surface area contributed by atoms with Crippen molar-refractivity contribution in [2.75, 3.05) is 39.3 Å². The fraction of sp³-hybridized carbons (Fsp3) is 0.381. The lowest BCUT2D eigenvalue weighted by Gasteiger charge is -2.36. The number of benzene rings is 1. The lowest BCUT2D eigenvalue weighted by molar-refractivity contribution is 0.0657. The molecule has 29 heavy (non-hydrogen) atoms. The zero-order chi connectivity index (χ0) is 20.1. The van der Waals surface area contributed by atoms with E-state index >= 15 is 0 Å². The number of aromatic amines is 1. The van der Waals surface area contributed by atoms with Crippen LogP contribution < -0.4 is 5.32 Å². The van der Waals surface area contributed by atoms with Gasteiger partial charge in [0.2, 0.25) is 0 Å². The zero-order valence-electron chi connectivity index (χ0n) is 16.6. The Labute approximate surface area is 169 Å². The number of guanidine groups is 1. The third-order valence-corrected chi connectivity index (χ3v) is 4.98. The number of nitrogens with one attached hydrogen (secondary N) is 2. The van der Waals surface area contributed by atoms with E-state index in [1.807, 2.05) is 29.2 Å². The Bertz CT molecular complexity index is 937. The van der Waals surface area contributed by atoms with Gasteiger partial charge in [-0.2, -0.15) is 0 Å². The molecule has 0 aliphatic carbocycles. The standard InChI is InChI=1S/C21H26N6O2/c1-2-22-21(23-10-9-19-24-16-6-3-4-7-17(16)25-19)27-13-11-26(12-14-27)20(28)18-8-5-15-29-18/h3-8,15H,2,9-14H2,1H3,(H,22,23)(H,24,25). The first-order valence-electron chi connectivity index (χ1n) is 10.0. The van der Waals surface area contributed by atoms with Gasteiger partial charge in [-0.05, 0) is 31.2 Å². The number of hydrogen-bond acceptors (Lipinski definition) is 4. The predicted octanol–water partition coefficient (Wildman–Crippen LogP) is 2.12. The van der Waals surface area contributed by atoms with E-state index in [4.69, 9.17) is 9.41 Å². The van der Waals surface area contributed by atoms with E-state index in [1.165, 1.54) is 6.26 Å². The fourth-order valence-electron chi connectivity index (χ4n) is 3.49. The van der Waals surface area contributed by atoms with E-state index in [0.717, 1.165) is 48.9 Å². The summed E-state index contributed by atoms with van der Waals surface area (Å²) >= 11 is 0. The van der Waals surface area contributed by atoms with Crippen molar-refractivity contribution in [2.24, 2.45) is 4.99 Å². The number of nitrogens with zero attached hydrogens (tertiary/aromatic N) is 4. The lowest BCUT2D eigenvalue weighted by Crippen LogP contribution is -2.53. The second-order valence-electron chi connectivity index (χ2n) is 6.94. The molecule has 3 aromatic rings. The van der Waals surface area contributed by atoms with Crippen LogP contribution in [0.4, 0.5) is 0 Å². The second kappa shape index (κ2) is 8.81. The van der Waals surface area contributed by atoms with Crippen LogP contribution in [0.5, 0.6) is 0 Å². The molecule has 1 fully saturated rings. The van der Waals surface area contributed by atoms with Gasteiger partial charge in [0.1, 0.15) is 5.82 Å². The molecule has 1 saturated heterocycles. The summed E-state index contributed by atoms with van der Waals surface area (Å²) in [5, 5.41) is 3.36. The summed E-state index contributed by atoms with van der Waals surface area (Å²) < 4.78 is 5.23. The van der Waals surface area contributed by atoms with E-state index in [2.05, 4.69) is 27.1 Å². The molecule has 8 nitrogen and oxygen atoms in total. The Morgan fingerprint density at radius 3 is 2.69 bits per heavy atom. The molecule has 1 aliphatic rings. The summed E-state index contributed by atoms with van der Waals surface area (Å²) in [5.74, 6) is 2.17. The lowest BCUT2D eigenvalue weighted by atomic mass is 10.3. The molecular weight excluding hydrogens is 368 g/mol. The second-order valence-corrected chi connectivity index (χ2v) is 6.94. The van der Waals surface area contributed by atoms with Crippen molar-refractivity contribution in [3.8, 4) is 0 Å². The Kier molecular flexibility index (Phi) is 5.79. The molecule has 3 heterocycles. The van der Waals surface area contributed by atoms with Gasteiger partial charge in [-0.25, -0.2) is 4.98 Å². The number of carbonyl (C=O) groups excluding carboxylic acids is 1. The molecule has 8 heteroatoms. The van der Waals surface area contributed by atoms with Crippen molar-refractivity contribution in [3.05, 3.63) is 54.2 Å². The van der Waals surface area contributed by atoms with Crippen molar-refractivity contribution < 1.29 is 9.21 Å². The summed E-state index contributed by atoms with van der Waals surface area (Å²) in [6, 6.07) is 11.5. The molecule has 1 amide bonds. The molecule has 1 aromatic carbocycles. The van der Waals surface area contributed by atoms with Gasteiger partial charge in [-0.15, -0.1) is 0 Å². The quantitative estimate of drug-likeness (QED) is 0.511. The van der Waals surface area contributed by atoms with Gasteiger partial charge in [0.15, 0.2) is 11.7 Å². The number of hydrogen-bond donors (Lipinski definition) is 2. The van der Waals surface area contributed by atoms with Gasteiger partial charge in [0.05, 0.1) is 17.3 Å². The third kappa shape index (κ3) is 4.42. The molecule has 1 aliphatic heterocycles. The molecule has 0 radical (unpaired) electrons. The van der Waals surface area contributed by atoms with Crippen molar-refractivity contribution in [2.45, 2.75) is 13.3 Å². The molecule has 0 unspecified atom stereocenters. The van der Waals surface area contributed by atoms with Crippen LogP contribution in [0.2, 0.25) is 0 Å². The number of amides is 1. The maximum atomic E-state index is 12.4. The predicted molar refractivity (Wildman–Crippen MR) is 112 cm³/mol. The maximum absolute atomic E-state index is 12.4. The highest BCUT2D eigenvalue weighted by atomic mass is 16.3. The smallest absolute Gasteiger partial charge is 0.289 e. The number of para-hydroxylation sites is 2. The summed E-state index contributed by atoms with van der Waals surface area (Å²) in [5.41, 5.74) is 2.03. The van der Waals surface area contributed by atoms with Crippen LogP contribution in [-0.2, 0) is 6.42 Å². The maximum Gasteiger partial charge on any atom is 0.289 e. The Morgan fingerprint density at radius 2 is 1.97 bits per heavy atom. The van der Waals surface area contributed by atoms with Crippen LogP contribution in [0.1, 0.15) is 23.3 Å². The highest BCUT2D eigenvalue weighted by molar-refractivity contribution is 5.91. The molecule has 0 atom stereocenters.